The van der Waals surface area contributed by atoms with E-state index < -0.39 is 10.8 Å². The summed E-state index contributed by atoms with van der Waals surface area (Å²) in [6.07, 6.45) is 0.826. The topological polar surface area (TPSA) is 55.5 Å². The molecule has 0 saturated heterocycles. The van der Waals surface area contributed by atoms with Gasteiger partial charge in [0.15, 0.2) is 4.38 Å². The highest BCUT2D eigenvalue weighted by molar-refractivity contribution is 8.33. The summed E-state index contributed by atoms with van der Waals surface area (Å²) in [5.74, 6) is 1.66. The van der Waals surface area contributed by atoms with Crippen molar-refractivity contribution in [3.63, 3.8) is 0 Å². The molecule has 1 unspecified atom stereocenters. The Bertz CT molecular complexity index is 181. The molecule has 64 valence electrons. The van der Waals surface area contributed by atoms with Gasteiger partial charge in [0.1, 0.15) is 0 Å². The summed E-state index contributed by atoms with van der Waals surface area (Å²) >= 11 is 1.61. The van der Waals surface area contributed by atoms with Crippen LogP contribution in [0.2, 0.25) is 0 Å². The first-order valence-electron chi connectivity index (χ1n) is 3.60. The van der Waals surface area contributed by atoms with E-state index in [9.17, 15) is 4.21 Å². The zero-order chi connectivity index (χ0) is 8.10. The van der Waals surface area contributed by atoms with Crippen LogP contribution >= 0.6 is 11.8 Å². The average Bonchev–Trinajstić information content (AvgIpc) is 2.52. The van der Waals surface area contributed by atoms with E-state index in [-0.39, 0.29) is 0 Å². The van der Waals surface area contributed by atoms with Crippen molar-refractivity contribution in [1.82, 2.24) is 0 Å². The standard InChI is InChI=1S/C6H12N2OS2/c7-2-1-5-11(9)6-8-3-4-10-6/h1-5,7H2. The molecule has 1 heterocycles. The zero-order valence-corrected chi connectivity index (χ0v) is 7.92. The number of nitrogens with zero attached hydrogens (tertiary/aromatic N) is 1. The molecule has 11 heavy (non-hydrogen) atoms. The minimum absolute atomic E-state index is 0.615. The van der Waals surface area contributed by atoms with Crippen LogP contribution in [-0.2, 0) is 10.8 Å². The Morgan fingerprint density at radius 2 is 2.55 bits per heavy atom. The third-order valence-corrected chi connectivity index (χ3v) is 4.14. The predicted octanol–water partition coefficient (Wildman–Crippen LogP) is 0.187. The van der Waals surface area contributed by atoms with Crippen molar-refractivity contribution in [2.45, 2.75) is 6.42 Å². The van der Waals surface area contributed by atoms with Crippen LogP contribution in [0.5, 0.6) is 0 Å². The maximum atomic E-state index is 11.3. The van der Waals surface area contributed by atoms with Crippen LogP contribution in [0.15, 0.2) is 4.99 Å². The molecule has 0 aromatic carbocycles. The summed E-state index contributed by atoms with van der Waals surface area (Å²) in [6.45, 7) is 1.44. The van der Waals surface area contributed by atoms with E-state index in [1.165, 1.54) is 0 Å². The van der Waals surface area contributed by atoms with Gasteiger partial charge in [0, 0.05) is 11.5 Å². The smallest absolute Gasteiger partial charge is 0.155 e. The van der Waals surface area contributed by atoms with Crippen LogP contribution in [0.3, 0.4) is 0 Å². The van der Waals surface area contributed by atoms with Crippen molar-refractivity contribution >= 4 is 26.9 Å². The van der Waals surface area contributed by atoms with Crippen molar-refractivity contribution in [1.29, 1.82) is 0 Å². The summed E-state index contributed by atoms with van der Waals surface area (Å²) < 4.78 is 12.1. The molecule has 0 aliphatic carbocycles. The summed E-state index contributed by atoms with van der Waals surface area (Å²) in [6, 6.07) is 0. The van der Waals surface area contributed by atoms with Crippen LogP contribution < -0.4 is 5.73 Å². The first kappa shape index (κ1) is 9.22. The van der Waals surface area contributed by atoms with Crippen molar-refractivity contribution in [2.75, 3.05) is 24.6 Å². The molecular weight excluding hydrogens is 180 g/mol. The second kappa shape index (κ2) is 4.90. The van der Waals surface area contributed by atoms with Gasteiger partial charge in [-0.3, -0.25) is 9.20 Å². The van der Waals surface area contributed by atoms with Crippen LogP contribution in [0.4, 0.5) is 0 Å². The minimum Gasteiger partial charge on any atom is -0.330 e. The Morgan fingerprint density at radius 3 is 3.09 bits per heavy atom. The van der Waals surface area contributed by atoms with Crippen LogP contribution in [0, 0.1) is 0 Å². The summed E-state index contributed by atoms with van der Waals surface area (Å²) in [5.41, 5.74) is 5.29. The minimum atomic E-state index is -0.862. The van der Waals surface area contributed by atoms with Gasteiger partial charge in [-0.2, -0.15) is 0 Å². The van der Waals surface area contributed by atoms with Crippen molar-refractivity contribution in [3.05, 3.63) is 0 Å². The highest BCUT2D eigenvalue weighted by Gasteiger charge is 2.13. The first-order valence-corrected chi connectivity index (χ1v) is 5.90. The van der Waals surface area contributed by atoms with Gasteiger partial charge in [0.2, 0.25) is 0 Å². The maximum absolute atomic E-state index is 11.3. The van der Waals surface area contributed by atoms with Gasteiger partial charge >= 0.3 is 0 Å². The van der Waals surface area contributed by atoms with Gasteiger partial charge in [-0.05, 0) is 13.0 Å². The maximum Gasteiger partial charge on any atom is 0.155 e. The molecular formula is C6H12N2OS2. The molecule has 0 spiro atoms. The van der Waals surface area contributed by atoms with Crippen LogP contribution in [-0.4, -0.2) is 33.2 Å². The number of hydrogen-bond donors (Lipinski definition) is 1. The van der Waals surface area contributed by atoms with Crippen LogP contribution in [0.25, 0.3) is 0 Å². The molecule has 3 nitrogen and oxygen atoms in total. The van der Waals surface area contributed by atoms with E-state index in [1.54, 1.807) is 11.8 Å². The highest BCUT2D eigenvalue weighted by Crippen LogP contribution is 2.14. The molecule has 0 bridgehead atoms. The SMILES string of the molecule is NCCCS(=O)C1=NCCS1. The van der Waals surface area contributed by atoms with Gasteiger partial charge < -0.3 is 5.73 Å². The fourth-order valence-corrected chi connectivity index (χ4v) is 3.16. The second-order valence-electron chi connectivity index (χ2n) is 2.19. The average molecular weight is 192 g/mol. The Labute approximate surface area is 73.3 Å². The fourth-order valence-electron chi connectivity index (χ4n) is 0.755. The summed E-state index contributed by atoms with van der Waals surface area (Å²) in [4.78, 5) is 4.13. The molecule has 1 rings (SSSR count). The third kappa shape index (κ3) is 2.92. The van der Waals surface area contributed by atoms with E-state index in [0.29, 0.717) is 12.3 Å². The molecule has 1 atom stereocenters. The van der Waals surface area contributed by atoms with Crippen molar-refractivity contribution in [3.8, 4) is 0 Å². The lowest BCUT2D eigenvalue weighted by molar-refractivity contribution is 0.688. The Hall–Kier alpha value is 0.130. The van der Waals surface area contributed by atoms with E-state index in [2.05, 4.69) is 4.99 Å². The van der Waals surface area contributed by atoms with Crippen molar-refractivity contribution in [2.24, 2.45) is 10.7 Å². The molecule has 0 aromatic heterocycles. The number of rotatable bonds is 3. The molecule has 0 radical (unpaired) electrons. The quantitative estimate of drug-likeness (QED) is 0.694. The number of thioether (sulfide) groups is 1. The Morgan fingerprint density at radius 1 is 1.73 bits per heavy atom. The first-order chi connectivity index (χ1) is 5.34. The largest absolute Gasteiger partial charge is 0.330 e. The summed E-state index contributed by atoms with van der Waals surface area (Å²) in [5, 5.41) is 0. The molecule has 0 aromatic rings. The number of nitrogens with two attached hydrogens (primary N) is 1. The molecule has 0 saturated carbocycles. The molecule has 2 N–H and O–H groups in total. The third-order valence-electron chi connectivity index (χ3n) is 1.29. The van der Waals surface area contributed by atoms with Gasteiger partial charge in [0.05, 0.1) is 17.3 Å². The second-order valence-corrected chi connectivity index (χ2v) is 5.02. The van der Waals surface area contributed by atoms with Gasteiger partial charge in [-0.1, -0.05) is 11.8 Å². The van der Waals surface area contributed by atoms with E-state index >= 15 is 0 Å². The fraction of sp³-hybridized carbons (Fsp3) is 0.833. The summed E-state index contributed by atoms with van der Waals surface area (Å²) in [7, 11) is -0.862. The molecule has 1 aliphatic rings. The van der Waals surface area contributed by atoms with Gasteiger partial charge in [0.25, 0.3) is 0 Å². The number of aliphatic imine (C=N–C) groups is 1. The molecule has 1 aliphatic heterocycles. The van der Waals surface area contributed by atoms with Crippen LogP contribution in [0.1, 0.15) is 6.42 Å². The zero-order valence-electron chi connectivity index (χ0n) is 6.28. The van der Waals surface area contributed by atoms with Gasteiger partial charge in [-0.15, -0.1) is 0 Å². The lowest BCUT2D eigenvalue weighted by atomic mass is 10.5. The van der Waals surface area contributed by atoms with Crippen molar-refractivity contribution < 1.29 is 4.21 Å². The molecule has 0 amide bonds. The highest BCUT2D eigenvalue weighted by atomic mass is 32.2. The van der Waals surface area contributed by atoms with E-state index in [0.717, 1.165) is 23.1 Å². The normalized spacial score (nSPS) is 19.9. The monoisotopic (exact) mass is 192 g/mol. The number of hydrogen-bond acceptors (Lipinski definition) is 4. The van der Waals surface area contributed by atoms with E-state index in [4.69, 9.17) is 5.73 Å². The lowest BCUT2D eigenvalue weighted by Crippen LogP contribution is -2.10. The van der Waals surface area contributed by atoms with Gasteiger partial charge in [-0.25, -0.2) is 0 Å². The van der Waals surface area contributed by atoms with E-state index in [1.807, 2.05) is 0 Å². The molecule has 5 heteroatoms. The Balaban J connectivity index is 2.29. The Kier molecular flexibility index (Phi) is 4.11. The molecule has 0 fully saturated rings. The predicted molar refractivity (Wildman–Crippen MR) is 51.4 cm³/mol. The lowest BCUT2D eigenvalue weighted by Gasteiger charge is -1.97.